The Bertz CT molecular complexity index is 349. The predicted molar refractivity (Wildman–Crippen MR) is 70.5 cm³/mol. The van der Waals surface area contributed by atoms with E-state index in [4.69, 9.17) is 10.5 Å². The van der Waals surface area contributed by atoms with E-state index < -0.39 is 30.2 Å². The van der Waals surface area contributed by atoms with E-state index in [-0.39, 0.29) is 12.5 Å². The van der Waals surface area contributed by atoms with E-state index in [0.29, 0.717) is 6.42 Å². The van der Waals surface area contributed by atoms with Crippen LogP contribution in [0.15, 0.2) is 0 Å². The highest BCUT2D eigenvalue weighted by Gasteiger charge is 2.54. The molecular weight excluding hydrogens is 268 g/mol. The summed E-state index contributed by atoms with van der Waals surface area (Å²) >= 11 is 0. The second-order valence-electron chi connectivity index (χ2n) is 5.16. The fourth-order valence-electron chi connectivity index (χ4n) is 1.68. The summed E-state index contributed by atoms with van der Waals surface area (Å²) in [7, 11) is 0. The quantitative estimate of drug-likeness (QED) is 0.510. The van der Waals surface area contributed by atoms with Crippen LogP contribution in [0.3, 0.4) is 0 Å². The highest BCUT2D eigenvalue weighted by atomic mass is 16.8. The predicted octanol–water partition coefficient (Wildman–Crippen LogP) is 0.661. The van der Waals surface area contributed by atoms with Gasteiger partial charge in [0.15, 0.2) is 0 Å². The molecule has 0 saturated carbocycles. The third-order valence-corrected chi connectivity index (χ3v) is 2.79. The molecule has 2 atom stereocenters. The number of amides is 2. The molecule has 0 heterocycles. The number of carbonyl (C=O) groups excluding carboxylic acids is 2. The van der Waals surface area contributed by atoms with Crippen LogP contribution >= 0.6 is 0 Å². The van der Waals surface area contributed by atoms with E-state index >= 15 is 0 Å². The molecule has 0 aromatic heterocycles. The van der Waals surface area contributed by atoms with Crippen molar-refractivity contribution in [3.8, 4) is 0 Å². The molecule has 0 fully saturated rings. The maximum atomic E-state index is 11.6. The molecule has 8 nitrogen and oxygen atoms in total. The second kappa shape index (κ2) is 7.30. The number of aliphatic hydroxyl groups excluding tert-OH is 1. The Kier molecular flexibility index (Phi) is 6.74. The number of rotatable bonds is 7. The van der Waals surface area contributed by atoms with Gasteiger partial charge in [0, 0.05) is 6.04 Å². The van der Waals surface area contributed by atoms with Gasteiger partial charge in [0.05, 0.1) is 12.0 Å². The van der Waals surface area contributed by atoms with Crippen molar-refractivity contribution >= 4 is 12.2 Å². The zero-order chi connectivity index (χ0) is 16.0. The molecule has 0 aromatic carbocycles. The molecule has 0 aliphatic heterocycles. The van der Waals surface area contributed by atoms with Crippen molar-refractivity contribution in [3.05, 3.63) is 0 Å². The van der Waals surface area contributed by atoms with Crippen molar-refractivity contribution < 1.29 is 29.3 Å². The number of alkyl carbamates (subject to hydrolysis) is 1. The molecule has 5 N–H and O–H groups in total. The van der Waals surface area contributed by atoms with Crippen LogP contribution in [0.1, 0.15) is 40.5 Å². The monoisotopic (exact) mass is 292 g/mol. The number of nitrogens with one attached hydrogen (secondary N) is 1. The molecule has 0 bridgehead atoms. The number of primary amides is 1. The van der Waals surface area contributed by atoms with Gasteiger partial charge in [0.25, 0.3) is 0 Å². The molecule has 0 aliphatic rings. The minimum atomic E-state index is -2.65. The average molecular weight is 292 g/mol. The number of nitrogens with two attached hydrogens (primary N) is 1. The third-order valence-electron chi connectivity index (χ3n) is 2.79. The van der Waals surface area contributed by atoms with Gasteiger partial charge in [-0.3, -0.25) is 0 Å². The summed E-state index contributed by atoms with van der Waals surface area (Å²) < 4.78 is 9.34. The van der Waals surface area contributed by atoms with Gasteiger partial charge in [0.2, 0.25) is 0 Å². The summed E-state index contributed by atoms with van der Waals surface area (Å²) in [5, 5.41) is 22.2. The van der Waals surface area contributed by atoms with Gasteiger partial charge in [-0.15, -0.1) is 0 Å². The van der Waals surface area contributed by atoms with Crippen molar-refractivity contribution in [1.82, 2.24) is 5.32 Å². The zero-order valence-electron chi connectivity index (χ0n) is 12.3. The van der Waals surface area contributed by atoms with Crippen molar-refractivity contribution in [2.75, 3.05) is 6.61 Å². The molecule has 0 radical (unpaired) electrons. The molecule has 20 heavy (non-hydrogen) atoms. The van der Waals surface area contributed by atoms with Crippen molar-refractivity contribution in [3.63, 3.8) is 0 Å². The van der Waals surface area contributed by atoms with Gasteiger partial charge in [-0.1, -0.05) is 13.3 Å². The van der Waals surface area contributed by atoms with Gasteiger partial charge in [-0.2, -0.15) is 0 Å². The summed E-state index contributed by atoms with van der Waals surface area (Å²) in [4.78, 5) is 22.5. The van der Waals surface area contributed by atoms with Gasteiger partial charge in [0.1, 0.15) is 0 Å². The molecule has 2 amide bonds. The molecule has 0 saturated heterocycles. The summed E-state index contributed by atoms with van der Waals surface area (Å²) in [5.41, 5.74) is 3.49. The summed E-state index contributed by atoms with van der Waals surface area (Å²) in [6.07, 6.45) is -1.51. The minimum Gasteiger partial charge on any atom is -0.395 e. The number of ether oxygens (including phenoxy) is 2. The van der Waals surface area contributed by atoms with Crippen molar-refractivity contribution in [2.24, 2.45) is 11.1 Å². The van der Waals surface area contributed by atoms with Gasteiger partial charge in [-0.25, -0.2) is 9.59 Å². The van der Waals surface area contributed by atoms with Crippen LogP contribution in [0.5, 0.6) is 0 Å². The van der Waals surface area contributed by atoms with E-state index in [1.807, 2.05) is 0 Å². The third kappa shape index (κ3) is 4.86. The van der Waals surface area contributed by atoms with Crippen molar-refractivity contribution in [1.29, 1.82) is 0 Å². The normalized spacial score (nSPS) is 16.9. The molecular formula is C12H24N2O6. The lowest BCUT2D eigenvalue weighted by Crippen LogP contribution is -2.57. The first-order chi connectivity index (χ1) is 9.10. The molecule has 0 aromatic rings. The smallest absolute Gasteiger partial charge is 0.395 e. The zero-order valence-corrected chi connectivity index (χ0v) is 12.3. The van der Waals surface area contributed by atoms with Crippen molar-refractivity contribution in [2.45, 2.75) is 52.6 Å². The standard InChI is InChI=1S/C12H24N2O6/c1-5-6-11(4,7-15)12(18,19-9(13)16)20-10(17)14-8(2)3/h8,15,18H,5-7H2,1-4H3,(H2,13,16)(H,14,17). The largest absolute Gasteiger partial charge is 0.412 e. The first-order valence-corrected chi connectivity index (χ1v) is 6.41. The summed E-state index contributed by atoms with van der Waals surface area (Å²) in [6, 6.07) is -0.244. The number of carbonyl (C=O) groups is 2. The van der Waals surface area contributed by atoms with Crippen LogP contribution < -0.4 is 11.1 Å². The Labute approximate surface area is 118 Å². The van der Waals surface area contributed by atoms with Gasteiger partial charge < -0.3 is 30.7 Å². The van der Waals surface area contributed by atoms with Crippen LogP contribution in [0.2, 0.25) is 0 Å². The van der Waals surface area contributed by atoms with E-state index in [1.165, 1.54) is 6.92 Å². The van der Waals surface area contributed by atoms with Gasteiger partial charge in [-0.05, 0) is 27.2 Å². The number of aliphatic hydroxyl groups is 2. The molecule has 0 rings (SSSR count). The molecule has 0 spiro atoms. The maximum Gasteiger partial charge on any atom is 0.412 e. The first-order valence-electron chi connectivity index (χ1n) is 6.41. The Morgan fingerprint density at radius 1 is 1.35 bits per heavy atom. The minimum absolute atomic E-state index is 0.238. The van der Waals surface area contributed by atoms with Crippen LogP contribution in [0.25, 0.3) is 0 Å². The highest BCUT2D eigenvalue weighted by Crippen LogP contribution is 2.37. The SMILES string of the molecule is CCCC(C)(CO)C(O)(OC(N)=O)OC(=O)NC(C)C. The van der Waals surface area contributed by atoms with Crippen LogP contribution in [-0.4, -0.2) is 41.0 Å². The molecule has 118 valence electrons. The Hall–Kier alpha value is -1.54. The average Bonchev–Trinajstić information content (AvgIpc) is 2.26. The van der Waals surface area contributed by atoms with Crippen LogP contribution in [0.4, 0.5) is 9.59 Å². The van der Waals surface area contributed by atoms with E-state index in [1.54, 1.807) is 20.8 Å². The summed E-state index contributed by atoms with van der Waals surface area (Å²) in [5.74, 6) is -2.65. The Balaban J connectivity index is 5.26. The second-order valence-corrected chi connectivity index (χ2v) is 5.16. The van der Waals surface area contributed by atoms with E-state index in [2.05, 4.69) is 10.1 Å². The van der Waals surface area contributed by atoms with Crippen LogP contribution in [-0.2, 0) is 9.47 Å². The lowest BCUT2D eigenvalue weighted by molar-refractivity contribution is -0.366. The Morgan fingerprint density at radius 2 is 1.90 bits per heavy atom. The number of hydrogen-bond acceptors (Lipinski definition) is 6. The molecule has 0 aliphatic carbocycles. The fourth-order valence-corrected chi connectivity index (χ4v) is 1.68. The highest BCUT2D eigenvalue weighted by molar-refractivity contribution is 5.69. The first kappa shape index (κ1) is 18.5. The van der Waals surface area contributed by atoms with E-state index in [0.717, 1.165) is 0 Å². The summed E-state index contributed by atoms with van der Waals surface area (Å²) in [6.45, 7) is 6.02. The molecule has 8 heteroatoms. The maximum absolute atomic E-state index is 11.6. The van der Waals surface area contributed by atoms with Gasteiger partial charge >= 0.3 is 18.2 Å². The Morgan fingerprint density at radius 3 is 2.25 bits per heavy atom. The topological polar surface area (TPSA) is 131 Å². The molecule has 2 unspecified atom stereocenters. The number of hydrogen-bond donors (Lipinski definition) is 4. The van der Waals surface area contributed by atoms with Crippen LogP contribution in [0, 0.1) is 5.41 Å². The fraction of sp³-hybridized carbons (Fsp3) is 0.833. The van der Waals surface area contributed by atoms with E-state index in [9.17, 15) is 19.8 Å². The lowest BCUT2D eigenvalue weighted by atomic mass is 9.83. The lowest BCUT2D eigenvalue weighted by Gasteiger charge is -2.40.